The molecule has 0 fully saturated rings. The first-order chi connectivity index (χ1) is 18.6. The molecule has 202 valence electrons. The molecule has 7 heteroatoms. The summed E-state index contributed by atoms with van der Waals surface area (Å²) >= 11 is 0. The second-order valence-corrected chi connectivity index (χ2v) is 10.3. The Balaban J connectivity index is 1.40. The topological polar surface area (TPSA) is 71.3 Å². The van der Waals surface area contributed by atoms with Crippen molar-refractivity contribution in [2.75, 3.05) is 6.61 Å². The van der Waals surface area contributed by atoms with Gasteiger partial charge in [0.1, 0.15) is 18.6 Å². The van der Waals surface area contributed by atoms with Crippen molar-refractivity contribution in [3.8, 4) is 5.75 Å². The normalized spacial score (nSPS) is 14.7. The molecule has 39 heavy (non-hydrogen) atoms. The average molecular weight is 527 g/mol. The van der Waals surface area contributed by atoms with Gasteiger partial charge in [0.05, 0.1) is 5.71 Å². The van der Waals surface area contributed by atoms with E-state index in [9.17, 15) is 4.79 Å². The number of hydrogen-bond donors (Lipinski definition) is 0. The summed E-state index contributed by atoms with van der Waals surface area (Å²) in [6.07, 6.45) is 2.42. The van der Waals surface area contributed by atoms with E-state index in [4.69, 9.17) is 19.0 Å². The quantitative estimate of drug-likeness (QED) is 0.140. The molecule has 0 saturated carbocycles. The van der Waals surface area contributed by atoms with Crippen LogP contribution in [0.1, 0.15) is 56.9 Å². The monoisotopic (exact) mass is 526 g/mol. The molecule has 3 aromatic carbocycles. The van der Waals surface area contributed by atoms with Gasteiger partial charge in [-0.2, -0.15) is 0 Å². The van der Waals surface area contributed by atoms with E-state index >= 15 is 0 Å². The lowest BCUT2D eigenvalue weighted by Crippen LogP contribution is -2.21. The molecule has 0 radical (unpaired) electrons. The van der Waals surface area contributed by atoms with Crippen molar-refractivity contribution in [2.24, 2.45) is 5.16 Å². The number of aromatic nitrogens is 1. The summed E-state index contributed by atoms with van der Waals surface area (Å²) in [5.41, 5.74) is 7.58. The summed E-state index contributed by atoms with van der Waals surface area (Å²) < 4.78 is 19.4. The lowest BCUT2D eigenvalue weighted by molar-refractivity contribution is -0.140. The number of benzene rings is 3. The zero-order valence-electron chi connectivity index (χ0n) is 23.3. The minimum Gasteiger partial charge on any atom is -0.486 e. The summed E-state index contributed by atoms with van der Waals surface area (Å²) in [6, 6.07) is 19.2. The maximum absolute atomic E-state index is 11.2. The molecule has 4 aromatic rings. The minimum absolute atomic E-state index is 0.327. The Labute approximate surface area is 228 Å². The first-order valence-electron chi connectivity index (χ1n) is 13.2. The van der Waals surface area contributed by atoms with E-state index in [-0.39, 0.29) is 0 Å². The molecular weight excluding hydrogens is 492 g/mol. The van der Waals surface area contributed by atoms with Gasteiger partial charge in [-0.3, -0.25) is 0 Å². The van der Waals surface area contributed by atoms with Crippen LogP contribution in [0, 0.1) is 6.92 Å². The Morgan fingerprint density at radius 1 is 1.00 bits per heavy atom. The largest absolute Gasteiger partial charge is 0.486 e. The number of nitrogens with zero attached hydrogens (tertiary/aromatic N) is 2. The summed E-state index contributed by atoms with van der Waals surface area (Å²) in [5.74, 6) is 0.403. The third-order valence-corrected chi connectivity index (χ3v) is 6.92. The fourth-order valence-electron chi connectivity index (χ4n) is 4.98. The molecule has 0 N–H and O–H groups in total. The molecule has 0 aliphatic carbocycles. The maximum atomic E-state index is 11.2. The van der Waals surface area contributed by atoms with Gasteiger partial charge in [0, 0.05) is 49.1 Å². The van der Waals surface area contributed by atoms with Crippen LogP contribution in [-0.2, 0) is 32.1 Å². The molecule has 2 heterocycles. The minimum atomic E-state index is -0.638. The molecule has 7 nitrogen and oxygen atoms in total. The standard InChI is InChI=1S/C32H34N2O5/c1-7-34-30-12-8-23(16-28(30)29-17-25(10-13-31(29)34)21(3)33-39-22(4)35)15-24-9-11-26(14-20(24)2)36-18-27-19-37-32(5,6)38-27/h8-14,16-17,19H,7,15,18H2,1-6H3. The molecule has 0 saturated heterocycles. The van der Waals surface area contributed by atoms with Crippen LogP contribution in [-0.4, -0.2) is 28.6 Å². The number of fused-ring (bicyclic) bond motifs is 3. The molecule has 0 spiro atoms. The van der Waals surface area contributed by atoms with Crippen LogP contribution in [0.4, 0.5) is 0 Å². The van der Waals surface area contributed by atoms with Crippen molar-refractivity contribution < 1.29 is 23.8 Å². The Morgan fingerprint density at radius 2 is 1.74 bits per heavy atom. The van der Waals surface area contributed by atoms with E-state index in [1.54, 1.807) is 6.26 Å². The molecule has 0 bridgehead atoms. The fourth-order valence-corrected chi connectivity index (χ4v) is 4.98. The average Bonchev–Trinajstić information content (AvgIpc) is 3.42. The van der Waals surface area contributed by atoms with E-state index in [1.165, 1.54) is 40.0 Å². The lowest BCUT2D eigenvalue weighted by atomic mass is 9.98. The van der Waals surface area contributed by atoms with Crippen molar-refractivity contribution in [3.05, 3.63) is 88.9 Å². The van der Waals surface area contributed by atoms with Crippen LogP contribution in [0.25, 0.3) is 21.8 Å². The molecule has 1 aromatic heterocycles. The third-order valence-electron chi connectivity index (χ3n) is 6.92. The van der Waals surface area contributed by atoms with Gasteiger partial charge in [0.15, 0.2) is 5.76 Å². The zero-order chi connectivity index (χ0) is 27.7. The zero-order valence-corrected chi connectivity index (χ0v) is 23.3. The second kappa shape index (κ2) is 10.5. The van der Waals surface area contributed by atoms with Gasteiger partial charge in [0.25, 0.3) is 0 Å². The van der Waals surface area contributed by atoms with E-state index < -0.39 is 11.8 Å². The smallest absolute Gasteiger partial charge is 0.331 e. The van der Waals surface area contributed by atoms with Crippen molar-refractivity contribution in [3.63, 3.8) is 0 Å². The fraction of sp³-hybridized carbons (Fsp3) is 0.312. The highest BCUT2D eigenvalue weighted by molar-refractivity contribution is 6.11. The predicted octanol–water partition coefficient (Wildman–Crippen LogP) is 7.00. The molecule has 0 unspecified atom stereocenters. The Kier molecular flexibility index (Phi) is 7.08. The number of aryl methyl sites for hydroxylation is 2. The number of ether oxygens (including phenoxy) is 3. The van der Waals surface area contributed by atoms with Gasteiger partial charge < -0.3 is 23.6 Å². The van der Waals surface area contributed by atoms with Crippen molar-refractivity contribution in [1.29, 1.82) is 0 Å². The predicted molar refractivity (Wildman–Crippen MR) is 153 cm³/mol. The molecule has 1 aliphatic rings. The van der Waals surface area contributed by atoms with Crippen LogP contribution >= 0.6 is 0 Å². The van der Waals surface area contributed by atoms with Crippen LogP contribution < -0.4 is 4.74 Å². The second-order valence-electron chi connectivity index (χ2n) is 10.3. The van der Waals surface area contributed by atoms with Crippen LogP contribution in [0.2, 0.25) is 0 Å². The highest BCUT2D eigenvalue weighted by Gasteiger charge is 2.27. The molecule has 0 atom stereocenters. The number of hydrogen-bond acceptors (Lipinski definition) is 6. The van der Waals surface area contributed by atoms with Crippen molar-refractivity contribution in [1.82, 2.24) is 4.57 Å². The van der Waals surface area contributed by atoms with Gasteiger partial charge in [-0.25, -0.2) is 4.79 Å². The Hall–Kier alpha value is -4.26. The third kappa shape index (κ3) is 5.62. The summed E-state index contributed by atoms with van der Waals surface area (Å²) in [7, 11) is 0. The van der Waals surface area contributed by atoms with E-state index in [0.717, 1.165) is 29.7 Å². The van der Waals surface area contributed by atoms with E-state index in [0.29, 0.717) is 18.1 Å². The van der Waals surface area contributed by atoms with Crippen LogP contribution in [0.3, 0.4) is 0 Å². The summed E-state index contributed by atoms with van der Waals surface area (Å²) in [4.78, 5) is 16.1. The van der Waals surface area contributed by atoms with Gasteiger partial charge in [-0.1, -0.05) is 23.4 Å². The van der Waals surface area contributed by atoms with Crippen molar-refractivity contribution in [2.45, 2.75) is 60.3 Å². The van der Waals surface area contributed by atoms with Gasteiger partial charge in [-0.05, 0) is 85.8 Å². The highest BCUT2D eigenvalue weighted by atomic mass is 16.7. The van der Waals surface area contributed by atoms with E-state index in [2.05, 4.69) is 66.0 Å². The number of rotatable bonds is 8. The highest BCUT2D eigenvalue weighted by Crippen LogP contribution is 2.32. The first-order valence-corrected chi connectivity index (χ1v) is 13.2. The Morgan fingerprint density at radius 3 is 2.41 bits per heavy atom. The number of carbonyl (C=O) groups is 1. The molecule has 5 rings (SSSR count). The Bertz CT molecular complexity index is 1630. The molecule has 1 aliphatic heterocycles. The number of carbonyl (C=O) groups excluding carboxylic acids is 1. The van der Waals surface area contributed by atoms with E-state index in [1.807, 2.05) is 32.9 Å². The SMILES string of the molecule is CCn1c2ccc(Cc3ccc(OCC4=COC(C)(C)O4)cc3C)cc2c2cc(C(C)=NOC(C)=O)ccc21. The first kappa shape index (κ1) is 26.4. The molecular formula is C32H34N2O5. The summed E-state index contributed by atoms with van der Waals surface area (Å²) in [6.45, 7) is 12.4. The maximum Gasteiger partial charge on any atom is 0.331 e. The van der Waals surface area contributed by atoms with Crippen LogP contribution in [0.15, 0.2) is 71.8 Å². The lowest BCUT2D eigenvalue weighted by Gasteiger charge is -2.18. The van der Waals surface area contributed by atoms with Crippen molar-refractivity contribution >= 4 is 33.5 Å². The summed E-state index contributed by atoms with van der Waals surface area (Å²) in [5, 5.41) is 6.32. The number of oxime groups is 1. The molecule has 0 amide bonds. The van der Waals surface area contributed by atoms with Gasteiger partial charge in [0.2, 0.25) is 5.79 Å². The van der Waals surface area contributed by atoms with Gasteiger partial charge >= 0.3 is 5.97 Å². The van der Waals surface area contributed by atoms with Crippen LogP contribution in [0.5, 0.6) is 5.75 Å². The van der Waals surface area contributed by atoms with Gasteiger partial charge in [-0.15, -0.1) is 0 Å².